The number of amides is 1. The molecule has 0 aromatic heterocycles. The zero-order valence-corrected chi connectivity index (χ0v) is 13.5. The van der Waals surface area contributed by atoms with Crippen molar-refractivity contribution in [1.29, 1.82) is 0 Å². The molecule has 0 aliphatic rings. The third-order valence-electron chi connectivity index (χ3n) is 3.82. The highest BCUT2D eigenvalue weighted by Crippen LogP contribution is 2.36. The number of aromatic hydroxyl groups is 1. The fourth-order valence-corrected chi connectivity index (χ4v) is 2.73. The average molecular weight is 321 g/mol. The fraction of sp³-hybridized carbons (Fsp3) is 0.150. The summed E-state index contributed by atoms with van der Waals surface area (Å²) in [6.07, 6.45) is -0.479. The number of nitrogens with zero attached hydrogens (tertiary/aromatic N) is 1. The Bertz CT molecular complexity index is 846. The molecule has 0 spiro atoms. The third-order valence-corrected chi connectivity index (χ3v) is 3.82. The number of hydrogen-bond acceptors (Lipinski definition) is 3. The number of carbonyl (C=O) groups excluding carboxylic acids is 1. The van der Waals surface area contributed by atoms with E-state index in [2.05, 4.69) is 0 Å². The first-order chi connectivity index (χ1) is 11.7. The Labute approximate surface area is 140 Å². The second-order valence-electron chi connectivity index (χ2n) is 5.43. The van der Waals surface area contributed by atoms with Gasteiger partial charge in [-0.05, 0) is 23.9 Å². The van der Waals surface area contributed by atoms with Gasteiger partial charge in [0, 0.05) is 5.39 Å². The molecule has 0 unspecified atom stereocenters. The smallest absolute Gasteiger partial charge is 0.414 e. The van der Waals surface area contributed by atoms with Crippen LogP contribution in [0.15, 0.2) is 66.7 Å². The Morgan fingerprint density at radius 1 is 1.00 bits per heavy atom. The van der Waals surface area contributed by atoms with Gasteiger partial charge in [0.05, 0.1) is 18.8 Å². The van der Waals surface area contributed by atoms with E-state index in [0.29, 0.717) is 12.2 Å². The van der Waals surface area contributed by atoms with Gasteiger partial charge in [-0.25, -0.2) is 4.79 Å². The standard InChI is InChI=1S/C20H19NO3/c1-2-24-20(23)21(14-15-8-4-3-5-9-15)19-17-11-7-6-10-16(17)12-13-18(19)22/h3-13,22H,2,14H2,1H3. The number of ether oxygens (including phenoxy) is 1. The minimum absolute atomic E-state index is 0.0534. The Kier molecular flexibility index (Phi) is 4.66. The molecule has 0 aliphatic heterocycles. The summed E-state index contributed by atoms with van der Waals surface area (Å²) in [5.41, 5.74) is 1.42. The Morgan fingerprint density at radius 2 is 1.71 bits per heavy atom. The topological polar surface area (TPSA) is 49.8 Å². The van der Waals surface area contributed by atoms with Crippen molar-refractivity contribution in [2.75, 3.05) is 11.5 Å². The Balaban J connectivity index is 2.11. The van der Waals surface area contributed by atoms with Gasteiger partial charge in [-0.1, -0.05) is 60.7 Å². The molecule has 0 saturated heterocycles. The van der Waals surface area contributed by atoms with Crippen LogP contribution in [0.25, 0.3) is 10.8 Å². The molecule has 3 aromatic carbocycles. The van der Waals surface area contributed by atoms with Gasteiger partial charge in [-0.15, -0.1) is 0 Å². The van der Waals surface area contributed by atoms with Crippen molar-refractivity contribution >= 4 is 22.6 Å². The molecule has 0 heterocycles. The van der Waals surface area contributed by atoms with Crippen LogP contribution in [0.3, 0.4) is 0 Å². The molecule has 1 amide bonds. The quantitative estimate of drug-likeness (QED) is 0.757. The van der Waals surface area contributed by atoms with Gasteiger partial charge in [0.25, 0.3) is 0 Å². The van der Waals surface area contributed by atoms with Crippen molar-refractivity contribution < 1.29 is 14.6 Å². The number of rotatable bonds is 4. The number of benzene rings is 3. The first-order valence-electron chi connectivity index (χ1n) is 7.89. The number of phenolic OH excluding ortho intramolecular Hbond substituents is 1. The first-order valence-corrected chi connectivity index (χ1v) is 7.89. The highest BCUT2D eigenvalue weighted by atomic mass is 16.6. The molecular weight excluding hydrogens is 302 g/mol. The largest absolute Gasteiger partial charge is 0.506 e. The van der Waals surface area contributed by atoms with Gasteiger partial charge in [0.1, 0.15) is 5.75 Å². The van der Waals surface area contributed by atoms with Crippen molar-refractivity contribution in [2.24, 2.45) is 0 Å². The maximum absolute atomic E-state index is 12.5. The summed E-state index contributed by atoms with van der Waals surface area (Å²) in [5.74, 6) is 0.0534. The molecule has 0 aliphatic carbocycles. The van der Waals surface area contributed by atoms with Gasteiger partial charge in [0.15, 0.2) is 0 Å². The molecule has 4 heteroatoms. The molecule has 122 valence electrons. The summed E-state index contributed by atoms with van der Waals surface area (Å²) in [6.45, 7) is 2.36. The summed E-state index contributed by atoms with van der Waals surface area (Å²) in [4.78, 5) is 14.0. The molecule has 3 rings (SSSR count). The van der Waals surface area contributed by atoms with Gasteiger partial charge in [0.2, 0.25) is 0 Å². The van der Waals surface area contributed by atoms with Crippen molar-refractivity contribution in [3.63, 3.8) is 0 Å². The summed E-state index contributed by atoms with van der Waals surface area (Å²) in [7, 11) is 0. The first kappa shape index (κ1) is 15.9. The van der Waals surface area contributed by atoms with E-state index in [1.807, 2.05) is 60.7 Å². The molecule has 3 aromatic rings. The van der Waals surface area contributed by atoms with Crippen LogP contribution in [-0.4, -0.2) is 17.8 Å². The highest BCUT2D eigenvalue weighted by molar-refractivity contribution is 6.04. The average Bonchev–Trinajstić information content (AvgIpc) is 2.61. The van der Waals surface area contributed by atoms with Gasteiger partial charge in [-0.2, -0.15) is 0 Å². The number of phenols is 1. The van der Waals surface area contributed by atoms with E-state index < -0.39 is 6.09 Å². The second kappa shape index (κ2) is 7.04. The summed E-state index contributed by atoms with van der Waals surface area (Å²) >= 11 is 0. The lowest BCUT2D eigenvalue weighted by Crippen LogP contribution is -2.31. The molecule has 0 fully saturated rings. The van der Waals surface area contributed by atoms with Gasteiger partial charge in [-0.3, -0.25) is 4.90 Å². The monoisotopic (exact) mass is 321 g/mol. The van der Waals surface area contributed by atoms with E-state index in [1.165, 1.54) is 4.90 Å². The Morgan fingerprint density at radius 3 is 2.46 bits per heavy atom. The molecule has 1 N–H and O–H groups in total. The van der Waals surface area contributed by atoms with Crippen LogP contribution >= 0.6 is 0 Å². The van der Waals surface area contributed by atoms with E-state index in [0.717, 1.165) is 16.3 Å². The molecule has 24 heavy (non-hydrogen) atoms. The maximum atomic E-state index is 12.5. The zero-order chi connectivity index (χ0) is 16.9. The zero-order valence-electron chi connectivity index (χ0n) is 13.5. The number of anilines is 1. The highest BCUT2D eigenvalue weighted by Gasteiger charge is 2.22. The summed E-state index contributed by atoms with van der Waals surface area (Å²) < 4.78 is 5.21. The second-order valence-corrected chi connectivity index (χ2v) is 5.43. The van der Waals surface area contributed by atoms with Crippen LogP contribution in [0.4, 0.5) is 10.5 Å². The Hall–Kier alpha value is -3.01. The molecule has 0 atom stereocenters. The number of hydrogen-bond donors (Lipinski definition) is 1. The molecular formula is C20H19NO3. The van der Waals surface area contributed by atoms with E-state index in [1.54, 1.807) is 13.0 Å². The lowest BCUT2D eigenvalue weighted by molar-refractivity contribution is 0.159. The van der Waals surface area contributed by atoms with Gasteiger partial charge < -0.3 is 9.84 Å². The van der Waals surface area contributed by atoms with E-state index >= 15 is 0 Å². The van der Waals surface area contributed by atoms with E-state index in [-0.39, 0.29) is 12.4 Å². The van der Waals surface area contributed by atoms with E-state index in [4.69, 9.17) is 4.74 Å². The van der Waals surface area contributed by atoms with Crippen molar-refractivity contribution in [1.82, 2.24) is 0 Å². The van der Waals surface area contributed by atoms with Crippen molar-refractivity contribution in [3.05, 3.63) is 72.3 Å². The number of carbonyl (C=O) groups is 1. The molecule has 0 saturated carbocycles. The van der Waals surface area contributed by atoms with Crippen LogP contribution in [0.1, 0.15) is 12.5 Å². The summed E-state index contributed by atoms with van der Waals surface area (Å²) in [5, 5.41) is 12.2. The number of fused-ring (bicyclic) bond motifs is 1. The van der Waals surface area contributed by atoms with Crippen LogP contribution in [0.2, 0.25) is 0 Å². The lowest BCUT2D eigenvalue weighted by Gasteiger charge is -2.24. The summed E-state index contributed by atoms with van der Waals surface area (Å²) in [6, 6.07) is 20.7. The minimum atomic E-state index is -0.479. The van der Waals surface area contributed by atoms with Crippen LogP contribution in [0.5, 0.6) is 5.75 Å². The molecule has 0 radical (unpaired) electrons. The fourth-order valence-electron chi connectivity index (χ4n) is 2.73. The lowest BCUT2D eigenvalue weighted by atomic mass is 10.1. The molecule has 0 bridgehead atoms. The van der Waals surface area contributed by atoms with Crippen LogP contribution < -0.4 is 4.90 Å². The van der Waals surface area contributed by atoms with Crippen molar-refractivity contribution in [3.8, 4) is 5.75 Å². The van der Waals surface area contributed by atoms with Crippen LogP contribution in [-0.2, 0) is 11.3 Å². The van der Waals surface area contributed by atoms with Gasteiger partial charge >= 0.3 is 6.09 Å². The van der Waals surface area contributed by atoms with Crippen LogP contribution in [0, 0.1) is 0 Å². The third kappa shape index (κ3) is 3.18. The predicted octanol–water partition coefficient (Wildman–Crippen LogP) is 4.71. The predicted molar refractivity (Wildman–Crippen MR) is 95.3 cm³/mol. The SMILES string of the molecule is CCOC(=O)N(Cc1ccccc1)c1c(O)ccc2ccccc12. The minimum Gasteiger partial charge on any atom is -0.506 e. The maximum Gasteiger partial charge on any atom is 0.414 e. The molecule has 4 nitrogen and oxygen atoms in total. The van der Waals surface area contributed by atoms with Crippen molar-refractivity contribution in [2.45, 2.75) is 13.5 Å². The normalized spacial score (nSPS) is 10.5. The van der Waals surface area contributed by atoms with E-state index in [9.17, 15) is 9.90 Å².